The van der Waals surface area contributed by atoms with E-state index in [0.29, 0.717) is 17.8 Å². The molecule has 4 heteroatoms. The zero-order valence-corrected chi connectivity index (χ0v) is 10.9. The number of hydrogen-bond donors (Lipinski definition) is 0. The molecule has 0 N–H and O–H groups in total. The summed E-state index contributed by atoms with van der Waals surface area (Å²) in [6.07, 6.45) is 2.82. The molecule has 0 saturated heterocycles. The van der Waals surface area contributed by atoms with Crippen LogP contribution in [0.4, 0.5) is 5.69 Å². The van der Waals surface area contributed by atoms with Crippen LogP contribution < -0.4 is 4.90 Å². The maximum absolute atomic E-state index is 5.90. The smallest absolute Gasteiger partial charge is 0.131 e. The summed E-state index contributed by atoms with van der Waals surface area (Å²) in [4.78, 5) is 6.28. The number of anilines is 1. The van der Waals surface area contributed by atoms with Gasteiger partial charge in [0.25, 0.3) is 0 Å². The molecular formula is C12H19ClN2O. The number of rotatable bonds is 6. The van der Waals surface area contributed by atoms with Crippen LogP contribution in [0.15, 0.2) is 18.3 Å². The molecule has 0 amide bonds. The molecule has 1 atom stereocenters. The lowest BCUT2D eigenvalue weighted by atomic mass is 10.2. The van der Waals surface area contributed by atoms with E-state index in [-0.39, 0.29) is 0 Å². The Bertz CT molecular complexity index is 320. The van der Waals surface area contributed by atoms with E-state index < -0.39 is 0 Å². The fourth-order valence-corrected chi connectivity index (χ4v) is 1.75. The summed E-state index contributed by atoms with van der Waals surface area (Å²) < 4.78 is 5.13. The molecule has 0 aliphatic carbocycles. The summed E-state index contributed by atoms with van der Waals surface area (Å²) in [6.45, 7) is 5.95. The SMILES string of the molecule is CCC(C)N(CCOC)c1ccnc(Cl)c1. The van der Waals surface area contributed by atoms with Crippen molar-refractivity contribution < 1.29 is 4.74 Å². The third-order valence-electron chi connectivity index (χ3n) is 2.70. The molecule has 1 heterocycles. The Morgan fingerprint density at radius 1 is 1.56 bits per heavy atom. The highest BCUT2D eigenvalue weighted by Gasteiger charge is 2.12. The molecular weight excluding hydrogens is 224 g/mol. The monoisotopic (exact) mass is 242 g/mol. The summed E-state index contributed by atoms with van der Waals surface area (Å²) in [5.74, 6) is 0. The Morgan fingerprint density at radius 3 is 2.88 bits per heavy atom. The topological polar surface area (TPSA) is 25.4 Å². The van der Waals surface area contributed by atoms with Gasteiger partial charge < -0.3 is 9.64 Å². The van der Waals surface area contributed by atoms with Crippen molar-refractivity contribution in [3.05, 3.63) is 23.5 Å². The Morgan fingerprint density at radius 2 is 2.31 bits per heavy atom. The van der Waals surface area contributed by atoms with Gasteiger partial charge in [0.05, 0.1) is 6.61 Å². The van der Waals surface area contributed by atoms with Crippen LogP contribution in [0.5, 0.6) is 0 Å². The molecule has 0 saturated carbocycles. The van der Waals surface area contributed by atoms with Crippen molar-refractivity contribution in [3.8, 4) is 0 Å². The number of halogens is 1. The van der Waals surface area contributed by atoms with Crippen molar-refractivity contribution in [3.63, 3.8) is 0 Å². The van der Waals surface area contributed by atoms with E-state index in [0.717, 1.165) is 18.7 Å². The maximum atomic E-state index is 5.90. The van der Waals surface area contributed by atoms with Crippen LogP contribution in [0.2, 0.25) is 5.15 Å². The van der Waals surface area contributed by atoms with Crippen molar-refractivity contribution in [2.75, 3.05) is 25.2 Å². The minimum atomic E-state index is 0.466. The van der Waals surface area contributed by atoms with Crippen LogP contribution >= 0.6 is 11.6 Å². The quantitative estimate of drug-likeness (QED) is 0.718. The van der Waals surface area contributed by atoms with Crippen LogP contribution in [-0.2, 0) is 4.74 Å². The van der Waals surface area contributed by atoms with Crippen LogP contribution in [0.1, 0.15) is 20.3 Å². The molecule has 90 valence electrons. The Kier molecular flexibility index (Phi) is 5.56. The van der Waals surface area contributed by atoms with Crippen molar-refractivity contribution >= 4 is 17.3 Å². The minimum absolute atomic E-state index is 0.466. The van der Waals surface area contributed by atoms with Gasteiger partial charge in [-0.25, -0.2) is 4.98 Å². The molecule has 1 aromatic rings. The van der Waals surface area contributed by atoms with Gasteiger partial charge in [0.15, 0.2) is 0 Å². The van der Waals surface area contributed by atoms with E-state index in [1.165, 1.54) is 0 Å². The highest BCUT2D eigenvalue weighted by Crippen LogP contribution is 2.20. The number of hydrogen-bond acceptors (Lipinski definition) is 3. The fourth-order valence-electron chi connectivity index (χ4n) is 1.58. The maximum Gasteiger partial charge on any atom is 0.131 e. The second kappa shape index (κ2) is 6.71. The summed E-state index contributed by atoms with van der Waals surface area (Å²) in [5.41, 5.74) is 1.10. The Balaban J connectivity index is 2.82. The van der Waals surface area contributed by atoms with E-state index in [1.807, 2.05) is 12.1 Å². The van der Waals surface area contributed by atoms with Crippen molar-refractivity contribution in [2.24, 2.45) is 0 Å². The van der Waals surface area contributed by atoms with E-state index >= 15 is 0 Å². The zero-order chi connectivity index (χ0) is 12.0. The number of nitrogens with zero attached hydrogens (tertiary/aromatic N) is 2. The average molecular weight is 243 g/mol. The second-order valence-corrected chi connectivity index (χ2v) is 4.17. The molecule has 0 fully saturated rings. The molecule has 3 nitrogen and oxygen atoms in total. The van der Waals surface area contributed by atoms with Crippen molar-refractivity contribution in [2.45, 2.75) is 26.3 Å². The van der Waals surface area contributed by atoms with Crippen LogP contribution in [-0.4, -0.2) is 31.3 Å². The average Bonchev–Trinajstić information content (AvgIpc) is 2.29. The molecule has 0 aliphatic heterocycles. The molecule has 0 radical (unpaired) electrons. The highest BCUT2D eigenvalue weighted by molar-refractivity contribution is 6.29. The minimum Gasteiger partial charge on any atom is -0.383 e. The molecule has 16 heavy (non-hydrogen) atoms. The van der Waals surface area contributed by atoms with Gasteiger partial charge in [0, 0.05) is 31.6 Å². The Labute approximate surface area is 102 Å². The third kappa shape index (κ3) is 3.65. The lowest BCUT2D eigenvalue weighted by Crippen LogP contribution is -2.35. The number of methoxy groups -OCH3 is 1. The van der Waals surface area contributed by atoms with Gasteiger partial charge in [-0.15, -0.1) is 0 Å². The first kappa shape index (κ1) is 13.3. The first-order valence-electron chi connectivity index (χ1n) is 5.56. The molecule has 0 bridgehead atoms. The van der Waals surface area contributed by atoms with Gasteiger partial charge >= 0.3 is 0 Å². The van der Waals surface area contributed by atoms with E-state index in [9.17, 15) is 0 Å². The normalized spacial score (nSPS) is 12.5. The van der Waals surface area contributed by atoms with Crippen LogP contribution in [0.3, 0.4) is 0 Å². The predicted molar refractivity (Wildman–Crippen MR) is 68.2 cm³/mol. The van der Waals surface area contributed by atoms with Gasteiger partial charge in [-0.3, -0.25) is 0 Å². The van der Waals surface area contributed by atoms with Gasteiger partial charge in [-0.2, -0.15) is 0 Å². The summed E-state index contributed by atoms with van der Waals surface area (Å²) in [7, 11) is 1.72. The van der Waals surface area contributed by atoms with E-state index in [2.05, 4.69) is 23.7 Å². The number of aromatic nitrogens is 1. The lowest BCUT2D eigenvalue weighted by molar-refractivity contribution is 0.203. The third-order valence-corrected chi connectivity index (χ3v) is 2.91. The van der Waals surface area contributed by atoms with Gasteiger partial charge in [-0.05, 0) is 25.5 Å². The van der Waals surface area contributed by atoms with E-state index in [1.54, 1.807) is 13.3 Å². The second-order valence-electron chi connectivity index (χ2n) is 3.78. The van der Waals surface area contributed by atoms with Gasteiger partial charge in [-0.1, -0.05) is 18.5 Å². The predicted octanol–water partition coefficient (Wildman–Crippen LogP) is 2.99. The highest BCUT2D eigenvalue weighted by atomic mass is 35.5. The molecule has 0 spiro atoms. The fraction of sp³-hybridized carbons (Fsp3) is 0.583. The van der Waals surface area contributed by atoms with Crippen molar-refractivity contribution in [1.82, 2.24) is 4.98 Å². The molecule has 0 aromatic carbocycles. The Hall–Kier alpha value is -0.800. The van der Waals surface area contributed by atoms with Crippen molar-refractivity contribution in [1.29, 1.82) is 0 Å². The largest absolute Gasteiger partial charge is 0.383 e. The van der Waals surface area contributed by atoms with E-state index in [4.69, 9.17) is 16.3 Å². The zero-order valence-electron chi connectivity index (χ0n) is 10.1. The van der Waals surface area contributed by atoms with Gasteiger partial charge in [0.2, 0.25) is 0 Å². The molecule has 1 aromatic heterocycles. The first-order valence-corrected chi connectivity index (χ1v) is 5.94. The lowest BCUT2D eigenvalue weighted by Gasteiger charge is -2.30. The van der Waals surface area contributed by atoms with Crippen LogP contribution in [0.25, 0.3) is 0 Å². The number of pyridine rings is 1. The molecule has 0 aliphatic rings. The number of ether oxygens (including phenoxy) is 1. The summed E-state index contributed by atoms with van der Waals surface area (Å²) >= 11 is 5.90. The summed E-state index contributed by atoms with van der Waals surface area (Å²) in [6, 6.07) is 4.34. The van der Waals surface area contributed by atoms with Crippen LogP contribution in [0, 0.1) is 0 Å². The standard InChI is InChI=1S/C12H19ClN2O/c1-4-10(2)15(7-8-16-3)11-5-6-14-12(13)9-11/h5-6,9-10H,4,7-8H2,1-3H3. The first-order chi connectivity index (χ1) is 7.69. The summed E-state index contributed by atoms with van der Waals surface area (Å²) in [5, 5.41) is 0.531. The van der Waals surface area contributed by atoms with Gasteiger partial charge in [0.1, 0.15) is 5.15 Å². The molecule has 1 rings (SSSR count). The molecule has 1 unspecified atom stereocenters.